The summed E-state index contributed by atoms with van der Waals surface area (Å²) in [4.78, 5) is 0. The fourth-order valence-electron chi connectivity index (χ4n) is 2.34. The highest BCUT2D eigenvalue weighted by Crippen LogP contribution is 2.18. The van der Waals surface area contributed by atoms with Gasteiger partial charge in [0.05, 0.1) is 0 Å². The number of nitrogens with one attached hydrogen (secondary N) is 1. The van der Waals surface area contributed by atoms with Crippen LogP contribution in [0, 0.1) is 5.92 Å². The van der Waals surface area contributed by atoms with E-state index in [0.29, 0.717) is 11.8 Å². The Balaban J connectivity index is 2.36. The molecule has 0 radical (unpaired) electrons. The Hall–Kier alpha value is -0.530. The summed E-state index contributed by atoms with van der Waals surface area (Å²) in [6, 6.07) is 8.87. The Morgan fingerprint density at radius 3 is 2.11 bits per heavy atom. The summed E-state index contributed by atoms with van der Waals surface area (Å²) in [6.07, 6.45) is 2.32. The number of rotatable bonds is 8. The second kappa shape index (κ2) is 8.60. The van der Waals surface area contributed by atoms with Crippen LogP contribution in [-0.4, -0.2) is 11.9 Å². The molecule has 0 heterocycles. The molecule has 0 aliphatic rings. The molecule has 0 spiro atoms. The van der Waals surface area contributed by atoms with Crippen LogP contribution in [0.4, 0.5) is 0 Å². The second-order valence-corrected chi connectivity index (χ2v) is 6.18. The number of halogens is 1. The summed E-state index contributed by atoms with van der Waals surface area (Å²) in [6.45, 7) is 10.7. The number of hydrogen-bond donors (Lipinski definition) is 1. The van der Waals surface area contributed by atoms with Crippen LogP contribution in [0.3, 0.4) is 0 Å². The molecule has 0 fully saturated rings. The standard InChI is InChI=1S/C17H28ClN/c1-5-15(6-2)17(18)12-19-11-14-7-9-16(10-8-14)13(3)4/h7-10,13,15,17,19H,5-6,11-12H2,1-4H3. The van der Waals surface area contributed by atoms with E-state index in [-0.39, 0.29) is 5.38 Å². The Bertz CT molecular complexity index is 341. The van der Waals surface area contributed by atoms with Crippen LogP contribution in [0.1, 0.15) is 57.6 Å². The van der Waals surface area contributed by atoms with Gasteiger partial charge in [-0.25, -0.2) is 0 Å². The average Bonchev–Trinajstić information content (AvgIpc) is 2.40. The SMILES string of the molecule is CCC(CC)C(Cl)CNCc1ccc(C(C)C)cc1. The molecule has 0 aliphatic heterocycles. The molecule has 2 heteroatoms. The molecule has 1 unspecified atom stereocenters. The van der Waals surface area contributed by atoms with Gasteiger partial charge < -0.3 is 5.32 Å². The molecule has 0 aromatic heterocycles. The summed E-state index contributed by atoms with van der Waals surface area (Å²) >= 11 is 6.42. The lowest BCUT2D eigenvalue weighted by atomic mass is 9.99. The summed E-state index contributed by atoms with van der Waals surface area (Å²) in [5.41, 5.74) is 2.73. The van der Waals surface area contributed by atoms with E-state index >= 15 is 0 Å². The van der Waals surface area contributed by atoms with Gasteiger partial charge in [-0.2, -0.15) is 0 Å². The van der Waals surface area contributed by atoms with Crippen molar-refractivity contribution in [2.45, 2.75) is 58.4 Å². The smallest absolute Gasteiger partial charge is 0.0488 e. The van der Waals surface area contributed by atoms with Gasteiger partial charge in [0, 0.05) is 18.5 Å². The van der Waals surface area contributed by atoms with Gasteiger partial charge in [-0.15, -0.1) is 11.6 Å². The van der Waals surface area contributed by atoms with E-state index in [9.17, 15) is 0 Å². The van der Waals surface area contributed by atoms with Crippen LogP contribution in [0.15, 0.2) is 24.3 Å². The van der Waals surface area contributed by atoms with Gasteiger partial charge in [0.2, 0.25) is 0 Å². The maximum Gasteiger partial charge on any atom is 0.0488 e. The molecule has 0 saturated heterocycles. The number of benzene rings is 1. The molecular weight excluding hydrogens is 254 g/mol. The van der Waals surface area contributed by atoms with Gasteiger partial charge in [-0.05, 0) is 23.0 Å². The first-order valence-electron chi connectivity index (χ1n) is 7.52. The van der Waals surface area contributed by atoms with Crippen molar-refractivity contribution >= 4 is 11.6 Å². The van der Waals surface area contributed by atoms with E-state index in [0.717, 1.165) is 25.9 Å². The van der Waals surface area contributed by atoms with Crippen molar-refractivity contribution in [2.75, 3.05) is 6.54 Å². The Labute approximate surface area is 123 Å². The molecule has 1 aromatic carbocycles. The molecule has 19 heavy (non-hydrogen) atoms. The molecule has 1 rings (SSSR count). The normalized spacial score (nSPS) is 13.2. The first-order valence-corrected chi connectivity index (χ1v) is 7.95. The first-order chi connectivity index (χ1) is 9.08. The van der Waals surface area contributed by atoms with Crippen molar-refractivity contribution in [3.8, 4) is 0 Å². The van der Waals surface area contributed by atoms with Crippen LogP contribution >= 0.6 is 11.6 Å². The van der Waals surface area contributed by atoms with Crippen molar-refractivity contribution in [3.05, 3.63) is 35.4 Å². The molecule has 0 bridgehead atoms. The van der Waals surface area contributed by atoms with E-state index in [1.807, 2.05) is 0 Å². The Kier molecular flexibility index (Phi) is 7.48. The maximum absolute atomic E-state index is 6.42. The van der Waals surface area contributed by atoms with Crippen molar-refractivity contribution in [3.63, 3.8) is 0 Å². The van der Waals surface area contributed by atoms with Crippen LogP contribution in [0.25, 0.3) is 0 Å². The lowest BCUT2D eigenvalue weighted by Crippen LogP contribution is -2.28. The predicted molar refractivity (Wildman–Crippen MR) is 86.0 cm³/mol. The molecule has 0 amide bonds. The van der Waals surface area contributed by atoms with Crippen molar-refractivity contribution in [2.24, 2.45) is 5.92 Å². The molecule has 108 valence electrons. The molecule has 0 saturated carbocycles. The highest BCUT2D eigenvalue weighted by molar-refractivity contribution is 6.21. The minimum atomic E-state index is 0.241. The van der Waals surface area contributed by atoms with Gasteiger partial charge in [0.1, 0.15) is 0 Å². The molecule has 1 nitrogen and oxygen atoms in total. The maximum atomic E-state index is 6.42. The van der Waals surface area contributed by atoms with Gasteiger partial charge in [0.15, 0.2) is 0 Å². The third-order valence-corrected chi connectivity index (χ3v) is 4.39. The summed E-state index contributed by atoms with van der Waals surface area (Å²) in [5, 5.41) is 3.71. The lowest BCUT2D eigenvalue weighted by Gasteiger charge is -2.19. The highest BCUT2D eigenvalue weighted by Gasteiger charge is 2.14. The van der Waals surface area contributed by atoms with Crippen LogP contribution in [-0.2, 0) is 6.54 Å². The molecule has 1 atom stereocenters. The minimum Gasteiger partial charge on any atom is -0.311 e. The van der Waals surface area contributed by atoms with Crippen LogP contribution < -0.4 is 5.32 Å². The topological polar surface area (TPSA) is 12.0 Å². The summed E-state index contributed by atoms with van der Waals surface area (Å²) in [5.74, 6) is 1.22. The fraction of sp³-hybridized carbons (Fsp3) is 0.647. The van der Waals surface area contributed by atoms with E-state index in [2.05, 4.69) is 57.3 Å². The van der Waals surface area contributed by atoms with Gasteiger partial charge in [-0.1, -0.05) is 64.8 Å². The predicted octanol–water partition coefficient (Wildman–Crippen LogP) is 4.94. The van der Waals surface area contributed by atoms with Crippen molar-refractivity contribution < 1.29 is 0 Å². The molecule has 0 aliphatic carbocycles. The van der Waals surface area contributed by atoms with Crippen molar-refractivity contribution in [1.82, 2.24) is 5.32 Å². The van der Waals surface area contributed by atoms with Gasteiger partial charge >= 0.3 is 0 Å². The number of hydrogen-bond acceptors (Lipinski definition) is 1. The summed E-state index contributed by atoms with van der Waals surface area (Å²) in [7, 11) is 0. The second-order valence-electron chi connectivity index (χ2n) is 5.62. The zero-order valence-corrected chi connectivity index (χ0v) is 13.5. The van der Waals surface area contributed by atoms with E-state index in [4.69, 9.17) is 11.6 Å². The van der Waals surface area contributed by atoms with Gasteiger partial charge in [-0.3, -0.25) is 0 Å². The Morgan fingerprint density at radius 2 is 1.63 bits per heavy atom. The molecule has 1 N–H and O–H groups in total. The number of alkyl halides is 1. The zero-order chi connectivity index (χ0) is 14.3. The van der Waals surface area contributed by atoms with E-state index < -0.39 is 0 Å². The lowest BCUT2D eigenvalue weighted by molar-refractivity contribution is 0.446. The van der Waals surface area contributed by atoms with E-state index in [1.165, 1.54) is 11.1 Å². The zero-order valence-electron chi connectivity index (χ0n) is 12.7. The minimum absolute atomic E-state index is 0.241. The Morgan fingerprint density at radius 1 is 1.05 bits per heavy atom. The largest absolute Gasteiger partial charge is 0.311 e. The fourth-order valence-corrected chi connectivity index (χ4v) is 2.81. The monoisotopic (exact) mass is 281 g/mol. The first kappa shape index (κ1) is 16.5. The highest BCUT2D eigenvalue weighted by atomic mass is 35.5. The average molecular weight is 282 g/mol. The van der Waals surface area contributed by atoms with Crippen LogP contribution in [0.5, 0.6) is 0 Å². The van der Waals surface area contributed by atoms with E-state index in [1.54, 1.807) is 0 Å². The van der Waals surface area contributed by atoms with Crippen molar-refractivity contribution in [1.29, 1.82) is 0 Å². The quantitative estimate of drug-likeness (QED) is 0.665. The third kappa shape index (κ3) is 5.54. The van der Waals surface area contributed by atoms with Crippen LogP contribution in [0.2, 0.25) is 0 Å². The third-order valence-electron chi connectivity index (χ3n) is 3.88. The molecular formula is C17H28ClN. The molecule has 1 aromatic rings. The van der Waals surface area contributed by atoms with Gasteiger partial charge in [0.25, 0.3) is 0 Å². The summed E-state index contributed by atoms with van der Waals surface area (Å²) < 4.78 is 0.